The van der Waals surface area contributed by atoms with Crippen LogP contribution in [0.3, 0.4) is 0 Å². The molecular weight excluding hydrogens is 270 g/mol. The molecule has 0 spiro atoms. The fraction of sp³-hybridized carbons (Fsp3) is 0.625. The van der Waals surface area contributed by atoms with Crippen molar-refractivity contribution < 1.29 is 8.42 Å². The van der Waals surface area contributed by atoms with E-state index in [2.05, 4.69) is 5.32 Å². The highest BCUT2D eigenvalue weighted by Gasteiger charge is 2.58. The minimum Gasteiger partial charge on any atom is -0.319 e. The predicted molar refractivity (Wildman–Crippen MR) is 78.4 cm³/mol. The fourth-order valence-electron chi connectivity index (χ4n) is 4.80. The fourth-order valence-corrected chi connectivity index (χ4v) is 6.81. The summed E-state index contributed by atoms with van der Waals surface area (Å²) < 4.78 is 24.9. The Labute approximate surface area is 120 Å². The first kappa shape index (κ1) is 12.8. The van der Waals surface area contributed by atoms with Gasteiger partial charge in [-0.25, -0.2) is 8.42 Å². The van der Waals surface area contributed by atoms with Gasteiger partial charge in [0.25, 0.3) is 0 Å². The number of fused-ring (bicyclic) bond motifs is 2. The second kappa shape index (κ2) is 4.08. The van der Waals surface area contributed by atoms with E-state index in [0.29, 0.717) is 10.6 Å². The first-order chi connectivity index (χ1) is 9.56. The Morgan fingerprint density at radius 3 is 2.65 bits per heavy atom. The number of hydrogen-bond donors (Lipinski definition) is 1. The topological polar surface area (TPSA) is 46.2 Å². The molecule has 0 aromatic heterocycles. The molecule has 1 aliphatic heterocycles. The molecule has 2 aliphatic carbocycles. The van der Waals surface area contributed by atoms with E-state index < -0.39 is 9.84 Å². The first-order valence-corrected chi connectivity index (χ1v) is 9.17. The highest BCUT2D eigenvalue weighted by atomic mass is 32.2. The summed E-state index contributed by atoms with van der Waals surface area (Å²) in [6.07, 6.45) is 3.77. The molecule has 2 saturated carbocycles. The Bertz CT molecular complexity index is 642. The van der Waals surface area contributed by atoms with Gasteiger partial charge in [-0.1, -0.05) is 18.2 Å². The van der Waals surface area contributed by atoms with E-state index in [1.807, 2.05) is 25.2 Å². The van der Waals surface area contributed by atoms with Gasteiger partial charge < -0.3 is 5.32 Å². The zero-order valence-corrected chi connectivity index (χ0v) is 12.6. The lowest BCUT2D eigenvalue weighted by Crippen LogP contribution is -2.38. The lowest BCUT2D eigenvalue weighted by atomic mass is 9.69. The molecule has 108 valence electrons. The van der Waals surface area contributed by atoms with Crippen molar-refractivity contribution in [2.24, 2.45) is 17.3 Å². The molecule has 1 aromatic rings. The third-order valence-corrected chi connectivity index (χ3v) is 7.50. The Hall–Kier alpha value is -0.870. The Balaban J connectivity index is 1.79. The quantitative estimate of drug-likeness (QED) is 0.928. The first-order valence-electron chi connectivity index (χ1n) is 7.52. The Kier molecular flexibility index (Phi) is 2.62. The van der Waals surface area contributed by atoms with Gasteiger partial charge in [-0.2, -0.15) is 0 Å². The van der Waals surface area contributed by atoms with Gasteiger partial charge in [-0.05, 0) is 55.2 Å². The molecule has 0 bridgehead atoms. The smallest absolute Gasteiger partial charge is 0.179 e. The van der Waals surface area contributed by atoms with Crippen molar-refractivity contribution in [2.45, 2.75) is 30.1 Å². The number of rotatable bonds is 3. The third-order valence-electron chi connectivity index (χ3n) is 5.69. The molecule has 2 fully saturated rings. The van der Waals surface area contributed by atoms with Crippen molar-refractivity contribution in [3.8, 4) is 0 Å². The molecule has 1 N–H and O–H groups in total. The van der Waals surface area contributed by atoms with Crippen LogP contribution in [0.1, 0.15) is 30.7 Å². The Morgan fingerprint density at radius 1 is 1.25 bits per heavy atom. The molecule has 1 heterocycles. The van der Waals surface area contributed by atoms with E-state index in [1.165, 1.54) is 19.3 Å². The molecule has 4 rings (SSSR count). The summed E-state index contributed by atoms with van der Waals surface area (Å²) in [5.41, 5.74) is 1.23. The molecule has 3 aliphatic rings. The van der Waals surface area contributed by atoms with Gasteiger partial charge in [-0.3, -0.25) is 0 Å². The van der Waals surface area contributed by atoms with E-state index >= 15 is 0 Å². The standard InChI is InChI=1S/C16H21NO2S/c1-17-10-16(7-11-6-12(11)8-16)14-9-20(18,19)15-5-3-2-4-13(14)15/h2-5,11-12,14,17H,6-10H2,1H3. The highest BCUT2D eigenvalue weighted by molar-refractivity contribution is 7.91. The monoisotopic (exact) mass is 291 g/mol. The number of nitrogens with one attached hydrogen (secondary N) is 1. The minimum absolute atomic E-state index is 0.155. The van der Waals surface area contributed by atoms with Crippen LogP contribution in [0.2, 0.25) is 0 Å². The molecular formula is C16H21NO2S. The molecule has 3 atom stereocenters. The van der Waals surface area contributed by atoms with Crippen molar-refractivity contribution in [3.05, 3.63) is 29.8 Å². The summed E-state index contributed by atoms with van der Waals surface area (Å²) in [5, 5.41) is 3.33. The van der Waals surface area contributed by atoms with Crippen LogP contribution in [0.5, 0.6) is 0 Å². The third kappa shape index (κ3) is 1.70. The summed E-state index contributed by atoms with van der Waals surface area (Å²) in [7, 11) is -1.09. The maximum Gasteiger partial charge on any atom is 0.179 e. The number of benzene rings is 1. The van der Waals surface area contributed by atoms with Gasteiger partial charge in [0.2, 0.25) is 0 Å². The van der Waals surface area contributed by atoms with Crippen molar-refractivity contribution in [2.75, 3.05) is 19.3 Å². The molecule has 20 heavy (non-hydrogen) atoms. The minimum atomic E-state index is -3.08. The molecule has 0 radical (unpaired) electrons. The van der Waals surface area contributed by atoms with Crippen LogP contribution in [-0.2, 0) is 9.84 Å². The van der Waals surface area contributed by atoms with Crippen LogP contribution < -0.4 is 5.32 Å². The van der Waals surface area contributed by atoms with Gasteiger partial charge in [0.15, 0.2) is 9.84 Å². The summed E-state index contributed by atoms with van der Waals surface area (Å²) >= 11 is 0. The molecule has 1 aromatic carbocycles. The van der Waals surface area contributed by atoms with Crippen LogP contribution in [-0.4, -0.2) is 27.8 Å². The zero-order valence-electron chi connectivity index (χ0n) is 11.8. The zero-order chi connectivity index (χ0) is 14.0. The largest absolute Gasteiger partial charge is 0.319 e. The number of sulfone groups is 1. The molecule has 0 saturated heterocycles. The average molecular weight is 291 g/mol. The van der Waals surface area contributed by atoms with E-state index in [0.717, 1.165) is 23.9 Å². The van der Waals surface area contributed by atoms with E-state index in [9.17, 15) is 8.42 Å². The van der Waals surface area contributed by atoms with E-state index in [4.69, 9.17) is 0 Å². The number of hydrogen-bond acceptors (Lipinski definition) is 3. The van der Waals surface area contributed by atoms with Gasteiger partial charge in [0, 0.05) is 12.5 Å². The summed E-state index contributed by atoms with van der Waals surface area (Å²) in [6.45, 7) is 0.939. The van der Waals surface area contributed by atoms with Crippen LogP contribution in [0.25, 0.3) is 0 Å². The molecule has 0 amide bonds. The lowest BCUT2D eigenvalue weighted by molar-refractivity contribution is 0.213. The SMILES string of the molecule is CNCC1(C2CS(=O)(=O)c3ccccc32)CC2CC2C1. The van der Waals surface area contributed by atoms with Gasteiger partial charge in [0.1, 0.15) is 0 Å². The Morgan fingerprint density at radius 2 is 1.95 bits per heavy atom. The molecule has 4 heteroatoms. The van der Waals surface area contributed by atoms with Crippen molar-refractivity contribution >= 4 is 9.84 Å². The molecule has 3 unspecified atom stereocenters. The van der Waals surface area contributed by atoms with Crippen LogP contribution in [0, 0.1) is 17.3 Å². The summed E-state index contributed by atoms with van der Waals surface area (Å²) in [4.78, 5) is 0.584. The highest BCUT2D eigenvalue weighted by Crippen LogP contribution is 2.65. The maximum atomic E-state index is 12.4. The van der Waals surface area contributed by atoms with Gasteiger partial charge >= 0.3 is 0 Å². The second-order valence-electron chi connectivity index (χ2n) is 6.93. The van der Waals surface area contributed by atoms with E-state index in [-0.39, 0.29) is 11.3 Å². The normalized spacial score (nSPS) is 40.4. The van der Waals surface area contributed by atoms with Crippen LogP contribution in [0.15, 0.2) is 29.2 Å². The summed E-state index contributed by atoms with van der Waals surface area (Å²) in [6, 6.07) is 7.64. The average Bonchev–Trinajstić information content (AvgIpc) is 2.92. The van der Waals surface area contributed by atoms with E-state index in [1.54, 1.807) is 6.07 Å². The van der Waals surface area contributed by atoms with Crippen molar-refractivity contribution in [1.82, 2.24) is 5.32 Å². The van der Waals surface area contributed by atoms with Crippen molar-refractivity contribution in [1.29, 1.82) is 0 Å². The molecule has 3 nitrogen and oxygen atoms in total. The lowest BCUT2D eigenvalue weighted by Gasteiger charge is -2.37. The summed E-state index contributed by atoms with van der Waals surface area (Å²) in [5.74, 6) is 2.22. The van der Waals surface area contributed by atoms with Crippen LogP contribution in [0.4, 0.5) is 0 Å². The second-order valence-corrected chi connectivity index (χ2v) is 8.93. The predicted octanol–water partition coefficient (Wildman–Crippen LogP) is 2.19. The van der Waals surface area contributed by atoms with Crippen molar-refractivity contribution in [3.63, 3.8) is 0 Å². The van der Waals surface area contributed by atoms with Gasteiger partial charge in [-0.15, -0.1) is 0 Å². The van der Waals surface area contributed by atoms with Gasteiger partial charge in [0.05, 0.1) is 10.6 Å². The maximum absolute atomic E-state index is 12.4. The van der Waals surface area contributed by atoms with Crippen LogP contribution >= 0.6 is 0 Å².